The molecular formula is C22H19N3O4. The Morgan fingerprint density at radius 3 is 2.21 bits per heavy atom. The van der Waals surface area contributed by atoms with E-state index >= 15 is 0 Å². The van der Waals surface area contributed by atoms with Gasteiger partial charge in [-0.05, 0) is 49.4 Å². The third-order valence-electron chi connectivity index (χ3n) is 6.24. The summed E-state index contributed by atoms with van der Waals surface area (Å²) in [4.78, 5) is 38.2. The average Bonchev–Trinajstić information content (AvgIpc) is 3.38. The quantitative estimate of drug-likeness (QED) is 0.370. The number of rotatable bonds is 4. The third-order valence-corrected chi connectivity index (χ3v) is 6.24. The lowest BCUT2D eigenvalue weighted by molar-refractivity contribution is -0.383. The Hall–Kier alpha value is -3.48. The minimum Gasteiger partial charge on any atom is -0.350 e. The van der Waals surface area contributed by atoms with Crippen molar-refractivity contribution in [3.63, 3.8) is 0 Å². The number of anilines is 3. The number of nitrogens with zero attached hydrogens (tertiary/aromatic N) is 2. The summed E-state index contributed by atoms with van der Waals surface area (Å²) in [5, 5.41) is 14.7. The minimum absolute atomic E-state index is 0.101. The summed E-state index contributed by atoms with van der Waals surface area (Å²) in [6.45, 7) is 1.96. The summed E-state index contributed by atoms with van der Waals surface area (Å²) in [5.41, 5.74) is 2.19. The van der Waals surface area contributed by atoms with Crippen molar-refractivity contribution < 1.29 is 14.5 Å². The number of nitro groups is 1. The summed E-state index contributed by atoms with van der Waals surface area (Å²) >= 11 is 0. The number of nitrogens with one attached hydrogen (secondary N) is 1. The number of allylic oxidation sites excluding steroid dienone is 2. The molecule has 2 bridgehead atoms. The summed E-state index contributed by atoms with van der Waals surface area (Å²) in [6.07, 6.45) is 4.90. The molecule has 0 aromatic heterocycles. The predicted octanol–water partition coefficient (Wildman–Crippen LogP) is 3.96. The average molecular weight is 389 g/mol. The summed E-state index contributed by atoms with van der Waals surface area (Å²) < 4.78 is 0. The number of carbonyl (C=O) groups excluding carboxylic acids is 2. The molecule has 7 heteroatoms. The first-order chi connectivity index (χ1) is 13.9. The first-order valence-corrected chi connectivity index (χ1v) is 9.62. The van der Waals surface area contributed by atoms with Crippen molar-refractivity contribution in [3.8, 4) is 0 Å². The van der Waals surface area contributed by atoms with Crippen LogP contribution in [0, 0.1) is 40.7 Å². The topological polar surface area (TPSA) is 92.6 Å². The molecule has 0 radical (unpaired) electrons. The molecule has 0 unspecified atom stereocenters. The molecular weight excluding hydrogens is 370 g/mol. The molecule has 2 aromatic carbocycles. The molecule has 2 amide bonds. The smallest absolute Gasteiger partial charge is 0.294 e. The van der Waals surface area contributed by atoms with E-state index < -0.39 is 4.92 Å². The van der Waals surface area contributed by atoms with Gasteiger partial charge in [0.2, 0.25) is 11.8 Å². The molecule has 29 heavy (non-hydrogen) atoms. The third kappa shape index (κ3) is 2.65. The van der Waals surface area contributed by atoms with Gasteiger partial charge in [-0.25, -0.2) is 4.90 Å². The second-order valence-electron chi connectivity index (χ2n) is 7.96. The Morgan fingerprint density at radius 1 is 1.00 bits per heavy atom. The van der Waals surface area contributed by atoms with Crippen LogP contribution in [0.1, 0.15) is 12.0 Å². The van der Waals surface area contributed by atoms with Crippen LogP contribution in [-0.4, -0.2) is 16.7 Å². The van der Waals surface area contributed by atoms with E-state index in [0.717, 1.165) is 22.6 Å². The Kier molecular flexibility index (Phi) is 3.81. The van der Waals surface area contributed by atoms with E-state index in [4.69, 9.17) is 0 Å². The first kappa shape index (κ1) is 17.6. The molecule has 2 fully saturated rings. The fourth-order valence-electron chi connectivity index (χ4n) is 4.87. The van der Waals surface area contributed by atoms with Crippen molar-refractivity contribution >= 4 is 34.6 Å². The van der Waals surface area contributed by atoms with Gasteiger partial charge in [-0.1, -0.05) is 29.8 Å². The zero-order valence-corrected chi connectivity index (χ0v) is 15.7. The SMILES string of the molecule is Cc1ccc(Nc2ccc(N3C(=O)[C@H]4[C@H](C3=O)[C@H]3C=C[C@H]4C3)cc2[N+](=O)[O-])cc1. The lowest BCUT2D eigenvalue weighted by Gasteiger charge is -2.18. The van der Waals surface area contributed by atoms with E-state index in [2.05, 4.69) is 5.32 Å². The Balaban J connectivity index is 1.48. The van der Waals surface area contributed by atoms with Crippen LogP contribution in [0.3, 0.4) is 0 Å². The van der Waals surface area contributed by atoms with E-state index in [1.807, 2.05) is 43.3 Å². The summed E-state index contributed by atoms with van der Waals surface area (Å²) in [5.74, 6) is -0.951. The van der Waals surface area contributed by atoms with E-state index in [1.54, 1.807) is 12.1 Å². The van der Waals surface area contributed by atoms with Gasteiger partial charge in [-0.15, -0.1) is 0 Å². The number of benzene rings is 2. The van der Waals surface area contributed by atoms with Crippen LogP contribution in [0.2, 0.25) is 0 Å². The molecule has 1 saturated carbocycles. The van der Waals surface area contributed by atoms with Crippen molar-refractivity contribution in [1.29, 1.82) is 0 Å². The van der Waals surface area contributed by atoms with Gasteiger partial charge >= 0.3 is 0 Å². The van der Waals surface area contributed by atoms with Gasteiger partial charge in [0.1, 0.15) is 5.69 Å². The van der Waals surface area contributed by atoms with E-state index in [0.29, 0.717) is 5.69 Å². The minimum atomic E-state index is -0.503. The molecule has 2 aromatic rings. The summed E-state index contributed by atoms with van der Waals surface area (Å²) in [7, 11) is 0. The van der Waals surface area contributed by atoms with Crippen LogP contribution in [0.4, 0.5) is 22.7 Å². The monoisotopic (exact) mass is 389 g/mol. The fourth-order valence-corrected chi connectivity index (χ4v) is 4.87. The molecule has 0 spiro atoms. The van der Waals surface area contributed by atoms with Crippen LogP contribution in [0.15, 0.2) is 54.6 Å². The van der Waals surface area contributed by atoms with E-state index in [1.165, 1.54) is 6.07 Å². The summed E-state index contributed by atoms with van der Waals surface area (Å²) in [6, 6.07) is 11.9. The van der Waals surface area contributed by atoms with Crippen molar-refractivity contribution in [3.05, 3.63) is 70.3 Å². The standard InChI is InChI=1S/C22H19N3O4/c1-12-2-6-15(7-3-12)23-17-9-8-16(11-18(17)25(28)29)24-21(26)19-13-4-5-14(10-13)20(19)22(24)27/h2-9,11,13-14,19-20,23H,10H2,1H3/t13-,14-,19+,20+/m0/s1. The molecule has 3 aliphatic rings. The number of amides is 2. The van der Waals surface area contributed by atoms with Crippen LogP contribution < -0.4 is 10.2 Å². The van der Waals surface area contributed by atoms with Crippen LogP contribution in [0.25, 0.3) is 0 Å². The molecule has 146 valence electrons. The maximum Gasteiger partial charge on any atom is 0.294 e. The molecule has 5 rings (SSSR count). The van der Waals surface area contributed by atoms with Gasteiger partial charge in [0, 0.05) is 11.8 Å². The van der Waals surface area contributed by atoms with E-state index in [9.17, 15) is 19.7 Å². The molecule has 7 nitrogen and oxygen atoms in total. The highest BCUT2D eigenvalue weighted by Gasteiger charge is 2.59. The second kappa shape index (κ2) is 6.27. The number of carbonyl (C=O) groups is 2. The highest BCUT2D eigenvalue weighted by Crippen LogP contribution is 2.53. The van der Waals surface area contributed by atoms with Crippen molar-refractivity contribution in [2.45, 2.75) is 13.3 Å². The second-order valence-corrected chi connectivity index (χ2v) is 7.96. The van der Waals surface area contributed by atoms with Gasteiger partial charge in [0.05, 0.1) is 22.4 Å². The fraction of sp³-hybridized carbons (Fsp3) is 0.273. The van der Waals surface area contributed by atoms with Gasteiger partial charge in [0.15, 0.2) is 0 Å². The molecule has 1 aliphatic heterocycles. The van der Waals surface area contributed by atoms with Crippen molar-refractivity contribution in [2.75, 3.05) is 10.2 Å². The van der Waals surface area contributed by atoms with Crippen LogP contribution in [0.5, 0.6) is 0 Å². The highest BCUT2D eigenvalue weighted by molar-refractivity contribution is 6.23. The number of hydrogen-bond donors (Lipinski definition) is 1. The largest absolute Gasteiger partial charge is 0.350 e. The maximum atomic E-state index is 13.0. The number of imide groups is 1. The Labute approximate surface area is 167 Å². The molecule has 2 aliphatic carbocycles. The number of nitro benzene ring substituents is 1. The van der Waals surface area contributed by atoms with Gasteiger partial charge in [-0.3, -0.25) is 19.7 Å². The molecule has 1 saturated heterocycles. The van der Waals surface area contributed by atoms with Crippen LogP contribution >= 0.6 is 0 Å². The first-order valence-electron chi connectivity index (χ1n) is 9.62. The zero-order chi connectivity index (χ0) is 20.3. The van der Waals surface area contributed by atoms with Gasteiger partial charge < -0.3 is 5.32 Å². The normalized spacial score (nSPS) is 26.9. The zero-order valence-electron chi connectivity index (χ0n) is 15.7. The maximum absolute atomic E-state index is 13.0. The number of aryl methyl sites for hydroxylation is 1. The van der Waals surface area contributed by atoms with E-state index in [-0.39, 0.29) is 46.9 Å². The number of hydrogen-bond acceptors (Lipinski definition) is 5. The van der Waals surface area contributed by atoms with Crippen LogP contribution in [-0.2, 0) is 9.59 Å². The molecule has 1 heterocycles. The van der Waals surface area contributed by atoms with Crippen molar-refractivity contribution in [1.82, 2.24) is 0 Å². The van der Waals surface area contributed by atoms with Gasteiger partial charge in [-0.2, -0.15) is 0 Å². The molecule has 1 N–H and O–H groups in total. The highest BCUT2D eigenvalue weighted by atomic mass is 16.6. The van der Waals surface area contributed by atoms with Crippen molar-refractivity contribution in [2.24, 2.45) is 23.7 Å². The van der Waals surface area contributed by atoms with Gasteiger partial charge in [0.25, 0.3) is 5.69 Å². The Morgan fingerprint density at radius 2 is 1.62 bits per heavy atom. The lowest BCUT2D eigenvalue weighted by Crippen LogP contribution is -2.32. The number of fused-ring (bicyclic) bond motifs is 5. The lowest BCUT2D eigenvalue weighted by atomic mass is 9.85. The molecule has 4 atom stereocenters. The Bertz CT molecular complexity index is 1050. The predicted molar refractivity (Wildman–Crippen MR) is 108 cm³/mol.